The van der Waals surface area contributed by atoms with Gasteiger partial charge in [0.2, 0.25) is 0 Å². The van der Waals surface area contributed by atoms with Crippen LogP contribution in [0.1, 0.15) is 36.3 Å². The summed E-state index contributed by atoms with van der Waals surface area (Å²) in [5, 5.41) is 15.1. The van der Waals surface area contributed by atoms with E-state index >= 15 is 0 Å². The number of rotatable bonds is 9. The molecule has 154 valence electrons. The highest BCUT2D eigenvalue weighted by atomic mass is 16.5. The van der Waals surface area contributed by atoms with Gasteiger partial charge in [-0.1, -0.05) is 0 Å². The Morgan fingerprint density at radius 3 is 2.79 bits per heavy atom. The number of likely N-dealkylation sites (tertiary alicyclic amines) is 1. The molecule has 2 N–H and O–H groups in total. The Labute approximate surface area is 166 Å². The molecule has 9 nitrogen and oxygen atoms in total. The van der Waals surface area contributed by atoms with Crippen molar-refractivity contribution in [1.29, 1.82) is 0 Å². The summed E-state index contributed by atoms with van der Waals surface area (Å²) < 4.78 is 12.8. The number of guanidine groups is 1. The molecule has 2 aromatic rings. The number of nitrogens with zero attached hydrogens (tertiary/aromatic N) is 5. The number of furan rings is 1. The maximum atomic E-state index is 5.70. The van der Waals surface area contributed by atoms with E-state index < -0.39 is 0 Å². The molecular weight excluding hydrogens is 358 g/mol. The van der Waals surface area contributed by atoms with Crippen molar-refractivity contribution in [3.8, 4) is 0 Å². The second-order valence-corrected chi connectivity index (χ2v) is 6.96. The van der Waals surface area contributed by atoms with Crippen LogP contribution < -0.4 is 10.6 Å². The lowest BCUT2D eigenvalue weighted by Crippen LogP contribution is -2.43. The standard InChI is InChI=1S/C19H31N7O2/c1-15-23-24-18(25(15)2)14-22-19(20-8-12-27-3)21-13-16(17-7-6-11-28-17)26-9-4-5-10-26/h6-7,11,16H,4-5,8-10,12-14H2,1-3H3,(H2,20,21,22). The Balaban J connectivity index is 1.66. The molecule has 28 heavy (non-hydrogen) atoms. The first kappa shape index (κ1) is 20.3. The number of ether oxygens (including phenoxy) is 1. The Morgan fingerprint density at radius 1 is 1.32 bits per heavy atom. The summed E-state index contributed by atoms with van der Waals surface area (Å²) in [7, 11) is 3.64. The Bertz CT molecular complexity index is 736. The molecule has 1 aliphatic rings. The van der Waals surface area contributed by atoms with Gasteiger partial charge in [-0.3, -0.25) is 4.90 Å². The van der Waals surface area contributed by atoms with Gasteiger partial charge in [-0.15, -0.1) is 10.2 Å². The summed E-state index contributed by atoms with van der Waals surface area (Å²) in [5.74, 6) is 3.41. The summed E-state index contributed by atoms with van der Waals surface area (Å²) in [4.78, 5) is 7.15. The third kappa shape index (κ3) is 5.32. The average molecular weight is 390 g/mol. The van der Waals surface area contributed by atoms with Crippen molar-refractivity contribution in [2.45, 2.75) is 32.4 Å². The van der Waals surface area contributed by atoms with Gasteiger partial charge in [-0.25, -0.2) is 4.99 Å². The first-order valence-corrected chi connectivity index (χ1v) is 9.82. The molecular formula is C19H31N7O2. The van der Waals surface area contributed by atoms with E-state index in [-0.39, 0.29) is 6.04 Å². The van der Waals surface area contributed by atoms with Gasteiger partial charge in [-0.2, -0.15) is 0 Å². The van der Waals surface area contributed by atoms with Gasteiger partial charge in [0.25, 0.3) is 0 Å². The fourth-order valence-electron chi connectivity index (χ4n) is 3.32. The van der Waals surface area contributed by atoms with Crippen molar-refractivity contribution >= 4 is 5.96 Å². The van der Waals surface area contributed by atoms with Crippen molar-refractivity contribution in [3.05, 3.63) is 35.8 Å². The minimum atomic E-state index is 0.184. The molecule has 0 bridgehead atoms. The van der Waals surface area contributed by atoms with Crippen LogP contribution in [0, 0.1) is 6.92 Å². The van der Waals surface area contributed by atoms with Crippen LogP contribution in [0.15, 0.2) is 27.8 Å². The van der Waals surface area contributed by atoms with E-state index in [0.717, 1.165) is 36.5 Å². The number of hydrogen-bond acceptors (Lipinski definition) is 6. The molecule has 1 fully saturated rings. The average Bonchev–Trinajstić information content (AvgIpc) is 3.45. The van der Waals surface area contributed by atoms with Crippen molar-refractivity contribution in [3.63, 3.8) is 0 Å². The molecule has 2 aromatic heterocycles. The summed E-state index contributed by atoms with van der Waals surface area (Å²) in [6.07, 6.45) is 4.20. The molecule has 0 spiro atoms. The second-order valence-electron chi connectivity index (χ2n) is 6.96. The molecule has 1 aliphatic heterocycles. The van der Waals surface area contributed by atoms with Crippen LogP contribution in [-0.2, 0) is 18.3 Å². The number of aryl methyl sites for hydroxylation is 1. The van der Waals surface area contributed by atoms with Crippen molar-refractivity contribution < 1.29 is 9.15 Å². The van der Waals surface area contributed by atoms with E-state index in [0.29, 0.717) is 26.2 Å². The van der Waals surface area contributed by atoms with Gasteiger partial charge in [-0.05, 0) is 45.0 Å². The molecule has 3 heterocycles. The monoisotopic (exact) mass is 389 g/mol. The number of methoxy groups -OCH3 is 1. The van der Waals surface area contributed by atoms with Crippen molar-refractivity contribution in [1.82, 2.24) is 30.3 Å². The van der Waals surface area contributed by atoms with E-state index in [2.05, 4.69) is 30.7 Å². The fourth-order valence-corrected chi connectivity index (χ4v) is 3.32. The zero-order chi connectivity index (χ0) is 19.8. The van der Waals surface area contributed by atoms with Gasteiger partial charge < -0.3 is 24.4 Å². The van der Waals surface area contributed by atoms with E-state index in [1.807, 2.05) is 30.7 Å². The van der Waals surface area contributed by atoms with Gasteiger partial charge >= 0.3 is 0 Å². The van der Waals surface area contributed by atoms with Gasteiger partial charge in [0.05, 0.1) is 18.9 Å². The first-order valence-electron chi connectivity index (χ1n) is 9.82. The lowest BCUT2D eigenvalue weighted by molar-refractivity contribution is 0.202. The molecule has 1 saturated heterocycles. The minimum Gasteiger partial charge on any atom is -0.468 e. The predicted molar refractivity (Wildman–Crippen MR) is 107 cm³/mol. The third-order valence-electron chi connectivity index (χ3n) is 5.08. The van der Waals surface area contributed by atoms with Crippen LogP contribution in [-0.4, -0.2) is 65.5 Å². The highest BCUT2D eigenvalue weighted by Gasteiger charge is 2.25. The first-order chi connectivity index (χ1) is 13.7. The summed E-state index contributed by atoms with van der Waals surface area (Å²) in [5.41, 5.74) is 0. The van der Waals surface area contributed by atoms with E-state index in [1.54, 1.807) is 13.4 Å². The van der Waals surface area contributed by atoms with Crippen LogP contribution in [0.2, 0.25) is 0 Å². The highest BCUT2D eigenvalue weighted by Crippen LogP contribution is 2.24. The lowest BCUT2D eigenvalue weighted by Gasteiger charge is -2.26. The zero-order valence-corrected chi connectivity index (χ0v) is 17.0. The van der Waals surface area contributed by atoms with Crippen molar-refractivity contribution in [2.24, 2.45) is 12.0 Å². The summed E-state index contributed by atoms with van der Waals surface area (Å²) in [6, 6.07) is 4.17. The Hall–Kier alpha value is -2.39. The van der Waals surface area contributed by atoms with Gasteiger partial charge in [0.1, 0.15) is 18.1 Å². The van der Waals surface area contributed by atoms with E-state index in [4.69, 9.17) is 9.15 Å². The zero-order valence-electron chi connectivity index (χ0n) is 17.0. The molecule has 9 heteroatoms. The molecule has 0 amide bonds. The molecule has 0 saturated carbocycles. The van der Waals surface area contributed by atoms with Crippen LogP contribution in [0.3, 0.4) is 0 Å². The fraction of sp³-hybridized carbons (Fsp3) is 0.632. The summed E-state index contributed by atoms with van der Waals surface area (Å²) in [6.45, 7) is 6.57. The van der Waals surface area contributed by atoms with Crippen LogP contribution >= 0.6 is 0 Å². The molecule has 0 aromatic carbocycles. The van der Waals surface area contributed by atoms with Gasteiger partial charge in [0, 0.05) is 27.2 Å². The second kappa shape index (κ2) is 10.2. The Morgan fingerprint density at radius 2 is 2.14 bits per heavy atom. The summed E-state index contributed by atoms with van der Waals surface area (Å²) >= 11 is 0. The highest BCUT2D eigenvalue weighted by molar-refractivity contribution is 5.79. The number of aliphatic imine (C=N–C) groups is 1. The maximum Gasteiger partial charge on any atom is 0.191 e. The SMILES string of the molecule is COCCNC(=NCc1nnc(C)n1C)NCC(c1ccco1)N1CCCC1. The smallest absolute Gasteiger partial charge is 0.191 e. The largest absolute Gasteiger partial charge is 0.468 e. The minimum absolute atomic E-state index is 0.184. The number of aromatic nitrogens is 3. The topological polar surface area (TPSA) is 92.7 Å². The quantitative estimate of drug-likeness (QED) is 0.379. The Kier molecular flexibility index (Phi) is 7.44. The molecule has 1 atom stereocenters. The number of hydrogen-bond donors (Lipinski definition) is 2. The third-order valence-corrected chi connectivity index (χ3v) is 5.08. The molecule has 0 aliphatic carbocycles. The van der Waals surface area contributed by atoms with E-state index in [9.17, 15) is 0 Å². The van der Waals surface area contributed by atoms with E-state index in [1.165, 1.54) is 12.8 Å². The van der Waals surface area contributed by atoms with Crippen molar-refractivity contribution in [2.75, 3.05) is 39.9 Å². The maximum absolute atomic E-state index is 5.70. The van der Waals surface area contributed by atoms with Crippen LogP contribution in [0.5, 0.6) is 0 Å². The van der Waals surface area contributed by atoms with Crippen LogP contribution in [0.25, 0.3) is 0 Å². The lowest BCUT2D eigenvalue weighted by atomic mass is 10.2. The van der Waals surface area contributed by atoms with Gasteiger partial charge in [0.15, 0.2) is 11.8 Å². The molecule has 1 unspecified atom stereocenters. The molecule has 0 radical (unpaired) electrons. The number of nitrogens with one attached hydrogen (secondary N) is 2. The predicted octanol–water partition coefficient (Wildman–Crippen LogP) is 1.24. The van der Waals surface area contributed by atoms with Crippen LogP contribution in [0.4, 0.5) is 0 Å². The molecule has 3 rings (SSSR count). The normalized spacial score (nSPS) is 16.5.